The Kier molecular flexibility index (Phi) is 16.7. The number of fused-ring (bicyclic) bond motifs is 1. The number of ketones is 1. The minimum atomic E-state index is -1.04. The van der Waals surface area contributed by atoms with Crippen LogP contribution in [0.2, 0.25) is 5.02 Å². The first-order valence-electron chi connectivity index (χ1n) is 22.3. The molecule has 2 heterocycles. The Morgan fingerprint density at radius 1 is 0.910 bits per heavy atom. The van der Waals surface area contributed by atoms with Gasteiger partial charge in [-0.3, -0.25) is 19.2 Å². The summed E-state index contributed by atoms with van der Waals surface area (Å²) in [4.78, 5) is 82.5. The number of methoxy groups -OCH3 is 2. The Morgan fingerprint density at radius 3 is 2.37 bits per heavy atom. The van der Waals surface area contributed by atoms with E-state index in [0.29, 0.717) is 88.5 Å². The van der Waals surface area contributed by atoms with Crippen molar-refractivity contribution in [1.29, 1.82) is 0 Å². The molecular weight excluding hydrogens is 880 g/mol. The highest BCUT2D eigenvalue weighted by Crippen LogP contribution is 2.35. The highest BCUT2D eigenvalue weighted by Gasteiger charge is 2.41. The standard InChI is InChI=1S/C51H57ClN4O11/c1-6-51(2,3)47(59)48(60)56-24-8-7-12-41(56)50(63)67-42(19-13-31-14-20-43(64-4)44(26-31)65-5)33-10-9-11-34(27-33)55-46(58)22-21-45(57)53-23-25-66-35-17-15-32(16-18-35)36-28-37-38(49(61)62)30-54-40(37)29-39(36)52/h9-11,14-18,20,26-30,41-42,54H,6-8,12-13,19,21-25H2,1-5H3,(H,53,57)(H,55,58)(H,61,62). The second kappa shape index (κ2) is 22.6. The number of esters is 1. The van der Waals surface area contributed by atoms with Crippen molar-refractivity contribution >= 4 is 63.6 Å². The Balaban J connectivity index is 1.04. The van der Waals surface area contributed by atoms with Gasteiger partial charge < -0.3 is 44.6 Å². The number of ether oxygens (including phenoxy) is 4. The summed E-state index contributed by atoms with van der Waals surface area (Å²) in [6.07, 6.45) is 3.47. The third-order valence-electron chi connectivity index (χ3n) is 12.1. The minimum Gasteiger partial charge on any atom is -0.493 e. The molecule has 0 saturated carbocycles. The molecule has 16 heteroatoms. The van der Waals surface area contributed by atoms with Crippen LogP contribution in [-0.2, 0) is 35.1 Å². The van der Waals surface area contributed by atoms with E-state index in [4.69, 9.17) is 30.5 Å². The second-order valence-electron chi connectivity index (χ2n) is 17.0. The molecule has 5 aromatic rings. The summed E-state index contributed by atoms with van der Waals surface area (Å²) in [7, 11) is 3.10. The van der Waals surface area contributed by atoms with Crippen LogP contribution in [0.3, 0.4) is 0 Å². The average molecular weight is 937 g/mol. The van der Waals surface area contributed by atoms with Crippen molar-refractivity contribution in [3.05, 3.63) is 107 Å². The molecule has 6 rings (SSSR count). The summed E-state index contributed by atoms with van der Waals surface area (Å²) in [5, 5.41) is 16.1. The maximum Gasteiger partial charge on any atom is 0.337 e. The highest BCUT2D eigenvalue weighted by molar-refractivity contribution is 6.38. The van der Waals surface area contributed by atoms with Crippen molar-refractivity contribution in [2.24, 2.45) is 5.41 Å². The molecule has 1 aliphatic rings. The zero-order chi connectivity index (χ0) is 48.3. The van der Waals surface area contributed by atoms with Gasteiger partial charge in [-0.2, -0.15) is 0 Å². The number of hydrogen-bond acceptors (Lipinski definition) is 10. The normalized spacial score (nSPS) is 14.2. The van der Waals surface area contributed by atoms with Gasteiger partial charge in [0.25, 0.3) is 5.91 Å². The molecule has 4 N–H and O–H groups in total. The highest BCUT2D eigenvalue weighted by atomic mass is 35.5. The Morgan fingerprint density at radius 2 is 1.66 bits per heavy atom. The van der Waals surface area contributed by atoms with Gasteiger partial charge in [0.1, 0.15) is 24.5 Å². The molecule has 1 saturated heterocycles. The fourth-order valence-corrected chi connectivity index (χ4v) is 8.11. The van der Waals surface area contributed by atoms with Crippen LogP contribution >= 0.6 is 11.6 Å². The predicted molar refractivity (Wildman–Crippen MR) is 254 cm³/mol. The number of carboxylic acids is 1. The molecule has 2 atom stereocenters. The summed E-state index contributed by atoms with van der Waals surface area (Å²) in [6.45, 7) is 5.94. The topological polar surface area (TPSA) is 203 Å². The van der Waals surface area contributed by atoms with Gasteiger partial charge in [0.05, 0.1) is 31.4 Å². The molecule has 1 aromatic heterocycles. The number of aromatic amines is 1. The molecular formula is C51H57ClN4O11. The number of anilines is 1. The number of benzene rings is 4. The van der Waals surface area contributed by atoms with E-state index in [-0.39, 0.29) is 44.0 Å². The first kappa shape index (κ1) is 49.6. The number of rotatable bonds is 21. The number of Topliss-reactive ketones (excluding diaryl/α,β-unsaturated/α-hetero) is 1. The number of halogens is 1. The molecule has 2 unspecified atom stereocenters. The summed E-state index contributed by atoms with van der Waals surface area (Å²) >= 11 is 6.51. The molecule has 354 valence electrons. The van der Waals surface area contributed by atoms with E-state index >= 15 is 0 Å². The largest absolute Gasteiger partial charge is 0.493 e. The number of carbonyl (C=O) groups is 6. The number of carboxylic acid groups (broad SMARTS) is 1. The van der Waals surface area contributed by atoms with E-state index < -0.39 is 47.1 Å². The smallest absolute Gasteiger partial charge is 0.337 e. The number of hydrogen-bond donors (Lipinski definition) is 4. The molecule has 0 spiro atoms. The second-order valence-corrected chi connectivity index (χ2v) is 17.4. The van der Waals surface area contributed by atoms with E-state index in [1.807, 2.05) is 31.2 Å². The van der Waals surface area contributed by atoms with Crippen LogP contribution in [0.5, 0.6) is 17.2 Å². The molecule has 15 nitrogen and oxygen atoms in total. The van der Waals surface area contributed by atoms with E-state index in [0.717, 1.165) is 11.1 Å². The fraction of sp³-hybridized carbons (Fsp3) is 0.373. The molecule has 0 bridgehead atoms. The van der Waals surface area contributed by atoms with E-state index in [2.05, 4.69) is 15.6 Å². The number of piperidine rings is 1. The zero-order valence-corrected chi connectivity index (χ0v) is 39.1. The van der Waals surface area contributed by atoms with Crippen molar-refractivity contribution in [1.82, 2.24) is 15.2 Å². The van der Waals surface area contributed by atoms with Gasteiger partial charge in [-0.05, 0) is 104 Å². The van der Waals surface area contributed by atoms with Crippen molar-refractivity contribution in [2.45, 2.75) is 84.3 Å². The van der Waals surface area contributed by atoms with Gasteiger partial charge in [-0.1, -0.05) is 62.7 Å². The number of nitrogens with zero attached hydrogens (tertiary/aromatic N) is 1. The maximum atomic E-state index is 14.0. The van der Waals surface area contributed by atoms with Crippen LogP contribution in [-0.4, -0.2) is 90.4 Å². The van der Waals surface area contributed by atoms with Crippen LogP contribution in [0.25, 0.3) is 22.0 Å². The van der Waals surface area contributed by atoms with Crippen molar-refractivity contribution in [3.8, 4) is 28.4 Å². The van der Waals surface area contributed by atoms with Gasteiger partial charge in [-0.25, -0.2) is 9.59 Å². The van der Waals surface area contributed by atoms with Gasteiger partial charge >= 0.3 is 11.9 Å². The molecule has 4 aromatic carbocycles. The monoisotopic (exact) mass is 936 g/mol. The summed E-state index contributed by atoms with van der Waals surface area (Å²) in [5.74, 6) is -1.93. The van der Waals surface area contributed by atoms with Gasteiger partial charge in [0.15, 0.2) is 11.5 Å². The molecule has 67 heavy (non-hydrogen) atoms. The lowest BCUT2D eigenvalue weighted by atomic mass is 9.84. The predicted octanol–water partition coefficient (Wildman–Crippen LogP) is 8.72. The quantitative estimate of drug-likeness (QED) is 0.0311. The number of aryl methyl sites for hydroxylation is 1. The summed E-state index contributed by atoms with van der Waals surface area (Å²) < 4.78 is 22.9. The minimum absolute atomic E-state index is 0.0732. The zero-order valence-electron chi connectivity index (χ0n) is 38.4. The van der Waals surface area contributed by atoms with Crippen molar-refractivity contribution in [2.75, 3.05) is 39.2 Å². The number of nitrogens with one attached hydrogen (secondary N) is 3. The van der Waals surface area contributed by atoms with Gasteiger partial charge in [0, 0.05) is 53.2 Å². The van der Waals surface area contributed by atoms with Crippen LogP contribution < -0.4 is 24.8 Å². The SMILES string of the molecule is CCC(C)(C)C(=O)C(=O)N1CCCCC1C(=O)OC(CCc1ccc(OC)c(OC)c1)c1cccc(NC(=O)CCC(=O)NCCOc2ccc(-c3cc4c(C(=O)O)c[nH]c4cc3Cl)cc2)c1. The first-order valence-corrected chi connectivity index (χ1v) is 22.7. The summed E-state index contributed by atoms with van der Waals surface area (Å²) in [5.41, 5.74) is 3.28. The number of H-pyrrole nitrogens is 1. The van der Waals surface area contributed by atoms with Crippen LogP contribution in [0.15, 0.2) is 85.1 Å². The Bertz CT molecular complexity index is 2610. The van der Waals surface area contributed by atoms with Gasteiger partial charge in [-0.15, -0.1) is 0 Å². The number of aromatic nitrogens is 1. The number of aromatic carboxylic acids is 1. The van der Waals surface area contributed by atoms with E-state index in [1.54, 1.807) is 82.7 Å². The van der Waals surface area contributed by atoms with E-state index in [9.17, 15) is 33.9 Å². The molecule has 1 fully saturated rings. The Labute approximate surface area is 394 Å². The summed E-state index contributed by atoms with van der Waals surface area (Å²) in [6, 6.07) is 22.1. The number of likely N-dealkylation sites (tertiary alicyclic amines) is 1. The number of carbonyl (C=O) groups excluding carboxylic acids is 5. The van der Waals surface area contributed by atoms with Crippen molar-refractivity contribution < 1.29 is 52.8 Å². The van der Waals surface area contributed by atoms with Crippen LogP contribution in [0, 0.1) is 5.41 Å². The lowest BCUT2D eigenvalue weighted by Gasteiger charge is -2.36. The molecule has 1 aliphatic heterocycles. The third-order valence-corrected chi connectivity index (χ3v) is 12.4. The Hall–Kier alpha value is -6.87. The average Bonchev–Trinajstić information content (AvgIpc) is 3.75. The number of amides is 3. The van der Waals surface area contributed by atoms with Crippen LogP contribution in [0.4, 0.5) is 5.69 Å². The third kappa shape index (κ3) is 12.5. The lowest BCUT2D eigenvalue weighted by molar-refractivity contribution is -0.164. The van der Waals surface area contributed by atoms with Crippen molar-refractivity contribution in [3.63, 3.8) is 0 Å². The van der Waals surface area contributed by atoms with Crippen LogP contribution in [0.1, 0.15) is 93.3 Å². The molecule has 0 radical (unpaired) electrons. The lowest BCUT2D eigenvalue weighted by Crippen LogP contribution is -2.53. The molecule has 3 amide bonds. The van der Waals surface area contributed by atoms with E-state index in [1.165, 1.54) is 11.1 Å². The van der Waals surface area contributed by atoms with Gasteiger partial charge in [0.2, 0.25) is 17.6 Å². The molecule has 0 aliphatic carbocycles. The fourth-order valence-electron chi connectivity index (χ4n) is 7.83. The first-order chi connectivity index (χ1) is 32.1. The maximum absolute atomic E-state index is 14.0.